The van der Waals surface area contributed by atoms with E-state index in [-0.39, 0.29) is 5.41 Å². The van der Waals surface area contributed by atoms with Gasteiger partial charge in [0.05, 0.1) is 0 Å². The fourth-order valence-corrected chi connectivity index (χ4v) is 1.95. The summed E-state index contributed by atoms with van der Waals surface area (Å²) in [7, 11) is 0. The highest BCUT2D eigenvalue weighted by Crippen LogP contribution is 2.25. The summed E-state index contributed by atoms with van der Waals surface area (Å²) >= 11 is 0. The summed E-state index contributed by atoms with van der Waals surface area (Å²) in [6.07, 6.45) is 3.67. The van der Waals surface area contributed by atoms with Crippen LogP contribution in [0.2, 0.25) is 0 Å². The number of nitrogens with zero attached hydrogens (tertiary/aromatic N) is 1. The molecule has 0 heterocycles. The van der Waals surface area contributed by atoms with E-state index in [0.29, 0.717) is 17.9 Å². The Morgan fingerprint density at radius 1 is 1.47 bits per heavy atom. The van der Waals surface area contributed by atoms with Crippen LogP contribution >= 0.6 is 0 Å². The predicted octanol–water partition coefficient (Wildman–Crippen LogP) is 2.13. The summed E-state index contributed by atoms with van der Waals surface area (Å²) in [5.41, 5.74) is 6.05. The Balaban J connectivity index is 2.31. The fraction of sp³-hybridized carbons (Fsp3) is 0.917. The minimum Gasteiger partial charge on any atom is -0.370 e. The number of hydrogen-bond donors (Lipinski definition) is 2. The number of guanidine groups is 1. The Bertz CT molecular complexity index is 227. The number of nitrogens with one attached hydrogen (secondary N) is 1. The molecule has 1 fully saturated rings. The molecule has 0 aromatic carbocycles. The summed E-state index contributed by atoms with van der Waals surface area (Å²) in [5.74, 6) is 1.34. The molecular weight excluding hydrogens is 186 g/mol. The summed E-state index contributed by atoms with van der Waals surface area (Å²) in [5, 5.41) is 3.21. The first-order valence-electron chi connectivity index (χ1n) is 5.95. The van der Waals surface area contributed by atoms with Gasteiger partial charge in [0.25, 0.3) is 0 Å². The van der Waals surface area contributed by atoms with Crippen LogP contribution in [-0.2, 0) is 0 Å². The number of aliphatic imine (C=N–C) groups is 1. The van der Waals surface area contributed by atoms with Gasteiger partial charge in [-0.05, 0) is 30.6 Å². The first kappa shape index (κ1) is 12.3. The quantitative estimate of drug-likeness (QED) is 0.540. The van der Waals surface area contributed by atoms with E-state index in [1.807, 2.05) is 0 Å². The lowest BCUT2D eigenvalue weighted by atomic mass is 9.84. The molecular formula is C12H25N3. The second-order valence-corrected chi connectivity index (χ2v) is 5.88. The van der Waals surface area contributed by atoms with Crippen LogP contribution in [0.4, 0.5) is 0 Å². The molecule has 0 aromatic rings. The van der Waals surface area contributed by atoms with Gasteiger partial charge in [-0.2, -0.15) is 0 Å². The highest BCUT2D eigenvalue weighted by molar-refractivity contribution is 5.78. The maximum Gasteiger partial charge on any atom is 0.188 e. The molecule has 0 aromatic heterocycles. The lowest BCUT2D eigenvalue weighted by Crippen LogP contribution is -2.34. The van der Waals surface area contributed by atoms with Crippen LogP contribution in [0.25, 0.3) is 0 Å². The molecule has 0 amide bonds. The van der Waals surface area contributed by atoms with Crippen molar-refractivity contribution < 1.29 is 0 Å². The zero-order valence-electron chi connectivity index (χ0n) is 10.5. The first-order chi connectivity index (χ1) is 6.89. The van der Waals surface area contributed by atoms with Crippen LogP contribution < -0.4 is 11.1 Å². The van der Waals surface area contributed by atoms with Crippen LogP contribution in [0.5, 0.6) is 0 Å². The largest absolute Gasteiger partial charge is 0.370 e. The Hall–Kier alpha value is -0.730. The van der Waals surface area contributed by atoms with Gasteiger partial charge in [0.2, 0.25) is 0 Å². The van der Waals surface area contributed by atoms with Gasteiger partial charge in [0.15, 0.2) is 5.96 Å². The minimum absolute atomic E-state index is 0.254. The van der Waals surface area contributed by atoms with Crippen molar-refractivity contribution in [3.05, 3.63) is 0 Å². The molecule has 1 aliphatic rings. The van der Waals surface area contributed by atoms with Crippen LogP contribution in [-0.4, -0.2) is 18.5 Å². The average Bonchev–Trinajstić information content (AvgIpc) is 2.82. The Morgan fingerprint density at radius 3 is 2.53 bits per heavy atom. The standard InChI is InChI=1S/C12H25N3/c1-9(2)7-12(3,4)8-14-11(13)15-10-5-6-10/h9-10H,5-8H2,1-4H3,(H3,13,14,15). The van der Waals surface area contributed by atoms with E-state index in [4.69, 9.17) is 5.73 Å². The van der Waals surface area contributed by atoms with Crippen LogP contribution in [0.15, 0.2) is 4.99 Å². The number of hydrogen-bond acceptors (Lipinski definition) is 1. The summed E-state index contributed by atoms with van der Waals surface area (Å²) in [6, 6.07) is 0.599. The van der Waals surface area contributed by atoms with Crippen molar-refractivity contribution in [1.82, 2.24) is 5.32 Å². The second-order valence-electron chi connectivity index (χ2n) is 5.88. The molecule has 0 aliphatic heterocycles. The highest BCUT2D eigenvalue weighted by Gasteiger charge is 2.22. The van der Waals surface area contributed by atoms with Gasteiger partial charge in [-0.3, -0.25) is 4.99 Å². The molecule has 3 N–H and O–H groups in total. The van der Waals surface area contributed by atoms with Crippen molar-refractivity contribution in [2.45, 2.75) is 53.0 Å². The van der Waals surface area contributed by atoms with Crippen molar-refractivity contribution in [2.75, 3.05) is 6.54 Å². The number of nitrogens with two attached hydrogens (primary N) is 1. The molecule has 0 spiro atoms. The summed E-state index contributed by atoms with van der Waals surface area (Å²) in [4.78, 5) is 4.41. The lowest BCUT2D eigenvalue weighted by Gasteiger charge is -2.24. The van der Waals surface area contributed by atoms with Gasteiger partial charge in [-0.25, -0.2) is 0 Å². The Morgan fingerprint density at radius 2 is 2.07 bits per heavy atom. The smallest absolute Gasteiger partial charge is 0.188 e. The van der Waals surface area contributed by atoms with Crippen molar-refractivity contribution in [3.8, 4) is 0 Å². The van der Waals surface area contributed by atoms with E-state index >= 15 is 0 Å². The maximum absolute atomic E-state index is 5.79. The summed E-state index contributed by atoms with van der Waals surface area (Å²) < 4.78 is 0. The van der Waals surface area contributed by atoms with E-state index < -0.39 is 0 Å². The van der Waals surface area contributed by atoms with Gasteiger partial charge in [0.1, 0.15) is 0 Å². The van der Waals surface area contributed by atoms with Crippen LogP contribution in [0.3, 0.4) is 0 Å². The van der Waals surface area contributed by atoms with E-state index in [1.54, 1.807) is 0 Å². The van der Waals surface area contributed by atoms with Crippen molar-refractivity contribution in [2.24, 2.45) is 22.1 Å². The molecule has 1 rings (SSSR count). The predicted molar refractivity (Wildman–Crippen MR) is 65.9 cm³/mol. The number of rotatable bonds is 5. The van der Waals surface area contributed by atoms with E-state index in [0.717, 1.165) is 6.54 Å². The minimum atomic E-state index is 0.254. The molecule has 0 atom stereocenters. The molecule has 3 heteroatoms. The zero-order valence-corrected chi connectivity index (χ0v) is 10.5. The first-order valence-corrected chi connectivity index (χ1v) is 5.95. The summed E-state index contributed by atoms with van der Waals surface area (Å²) in [6.45, 7) is 9.81. The third kappa shape index (κ3) is 5.65. The van der Waals surface area contributed by atoms with Gasteiger partial charge >= 0.3 is 0 Å². The maximum atomic E-state index is 5.79. The van der Waals surface area contributed by atoms with Crippen molar-refractivity contribution in [3.63, 3.8) is 0 Å². The van der Waals surface area contributed by atoms with E-state index in [9.17, 15) is 0 Å². The topological polar surface area (TPSA) is 50.4 Å². The fourth-order valence-electron chi connectivity index (χ4n) is 1.95. The zero-order chi connectivity index (χ0) is 11.5. The highest BCUT2D eigenvalue weighted by atomic mass is 15.1. The van der Waals surface area contributed by atoms with Crippen LogP contribution in [0, 0.1) is 11.3 Å². The molecule has 0 unspecified atom stereocenters. The van der Waals surface area contributed by atoms with Crippen molar-refractivity contribution in [1.29, 1.82) is 0 Å². The molecule has 0 saturated heterocycles. The van der Waals surface area contributed by atoms with Gasteiger partial charge in [-0.1, -0.05) is 27.7 Å². The molecule has 3 nitrogen and oxygen atoms in total. The molecule has 1 aliphatic carbocycles. The molecule has 88 valence electrons. The normalized spacial score (nSPS) is 18.3. The monoisotopic (exact) mass is 211 g/mol. The molecule has 15 heavy (non-hydrogen) atoms. The van der Waals surface area contributed by atoms with E-state index in [1.165, 1.54) is 19.3 Å². The molecule has 0 radical (unpaired) electrons. The van der Waals surface area contributed by atoms with Gasteiger partial charge in [-0.15, -0.1) is 0 Å². The van der Waals surface area contributed by atoms with E-state index in [2.05, 4.69) is 38.0 Å². The SMILES string of the molecule is CC(C)CC(C)(C)CN=C(N)NC1CC1. The average molecular weight is 211 g/mol. The third-order valence-corrected chi connectivity index (χ3v) is 2.57. The molecule has 0 bridgehead atoms. The van der Waals surface area contributed by atoms with Crippen molar-refractivity contribution >= 4 is 5.96 Å². The van der Waals surface area contributed by atoms with Crippen LogP contribution in [0.1, 0.15) is 47.0 Å². The lowest BCUT2D eigenvalue weighted by molar-refractivity contribution is 0.298. The van der Waals surface area contributed by atoms with Gasteiger partial charge < -0.3 is 11.1 Å². The molecule has 1 saturated carbocycles. The Kier molecular flexibility index (Phi) is 4.00. The Labute approximate surface area is 93.5 Å². The second kappa shape index (κ2) is 4.86. The third-order valence-electron chi connectivity index (χ3n) is 2.57. The van der Waals surface area contributed by atoms with Gasteiger partial charge in [0, 0.05) is 12.6 Å².